The third kappa shape index (κ3) is 5.43. The van der Waals surface area contributed by atoms with E-state index in [4.69, 9.17) is 4.74 Å². The molecule has 2 N–H and O–H groups in total. The summed E-state index contributed by atoms with van der Waals surface area (Å²) in [6.45, 7) is 1.29. The standard InChI is InChI=1S/C16H23N3O5S/c1-24-10-8-17-15(20)14-7-4-9-19(14)16(21)12-5-3-6-13(11-12)18-25(2,22)23/h3,5-6,11,14,18H,4,7-10H2,1-2H3,(H,17,20). The maximum atomic E-state index is 12.8. The van der Waals surface area contributed by atoms with Crippen LogP contribution >= 0.6 is 0 Å². The minimum absolute atomic E-state index is 0.201. The van der Waals surface area contributed by atoms with E-state index in [1.54, 1.807) is 25.3 Å². The quantitative estimate of drug-likeness (QED) is 0.678. The van der Waals surface area contributed by atoms with Gasteiger partial charge in [0.05, 0.1) is 12.9 Å². The highest BCUT2D eigenvalue weighted by Gasteiger charge is 2.34. The molecule has 9 heteroatoms. The molecule has 0 aromatic heterocycles. The largest absolute Gasteiger partial charge is 0.383 e. The van der Waals surface area contributed by atoms with Crippen LogP contribution < -0.4 is 10.0 Å². The van der Waals surface area contributed by atoms with Crippen LogP contribution in [0.1, 0.15) is 23.2 Å². The van der Waals surface area contributed by atoms with E-state index in [0.29, 0.717) is 37.4 Å². The Kier molecular flexibility index (Phi) is 6.38. The zero-order valence-electron chi connectivity index (χ0n) is 14.3. The summed E-state index contributed by atoms with van der Waals surface area (Å²) in [6, 6.07) is 5.73. The Hall–Kier alpha value is -2.13. The highest BCUT2D eigenvalue weighted by atomic mass is 32.2. The first-order chi connectivity index (χ1) is 11.8. The number of likely N-dealkylation sites (tertiary alicyclic amines) is 1. The molecule has 2 amide bonds. The molecule has 1 fully saturated rings. The number of rotatable bonds is 7. The van der Waals surface area contributed by atoms with Gasteiger partial charge in [-0.2, -0.15) is 0 Å². The molecule has 138 valence electrons. The van der Waals surface area contributed by atoms with Gasteiger partial charge in [-0.1, -0.05) is 6.07 Å². The van der Waals surface area contributed by atoms with Gasteiger partial charge in [-0.05, 0) is 31.0 Å². The zero-order chi connectivity index (χ0) is 18.4. The first-order valence-electron chi connectivity index (χ1n) is 7.97. The number of carbonyl (C=O) groups excluding carboxylic acids is 2. The topological polar surface area (TPSA) is 105 Å². The minimum Gasteiger partial charge on any atom is -0.383 e. The SMILES string of the molecule is COCCNC(=O)C1CCCN1C(=O)c1cccc(NS(C)(=O)=O)c1. The maximum Gasteiger partial charge on any atom is 0.254 e. The van der Waals surface area contributed by atoms with E-state index in [1.807, 2.05) is 0 Å². The Morgan fingerprint density at radius 2 is 2.12 bits per heavy atom. The van der Waals surface area contributed by atoms with Crippen molar-refractivity contribution in [3.05, 3.63) is 29.8 Å². The molecule has 1 aliphatic heterocycles. The number of hydrogen-bond donors (Lipinski definition) is 2. The number of nitrogens with zero attached hydrogens (tertiary/aromatic N) is 1. The van der Waals surface area contributed by atoms with E-state index >= 15 is 0 Å². The second-order valence-corrected chi connectivity index (χ2v) is 7.64. The van der Waals surface area contributed by atoms with Gasteiger partial charge < -0.3 is 15.0 Å². The summed E-state index contributed by atoms with van der Waals surface area (Å²) in [4.78, 5) is 26.6. The van der Waals surface area contributed by atoms with E-state index in [9.17, 15) is 18.0 Å². The third-order valence-corrected chi connectivity index (χ3v) is 4.44. The molecule has 0 bridgehead atoms. The molecule has 1 saturated heterocycles. The molecule has 1 atom stereocenters. The Balaban J connectivity index is 2.10. The molecule has 25 heavy (non-hydrogen) atoms. The van der Waals surface area contributed by atoms with Crippen molar-refractivity contribution >= 4 is 27.5 Å². The Bertz CT molecular complexity index is 735. The highest BCUT2D eigenvalue weighted by molar-refractivity contribution is 7.92. The predicted molar refractivity (Wildman–Crippen MR) is 93.9 cm³/mol. The van der Waals surface area contributed by atoms with Gasteiger partial charge in [0, 0.05) is 31.5 Å². The zero-order valence-corrected chi connectivity index (χ0v) is 15.1. The molecular weight excluding hydrogens is 346 g/mol. The molecule has 2 rings (SSSR count). The monoisotopic (exact) mass is 369 g/mol. The van der Waals surface area contributed by atoms with Crippen molar-refractivity contribution in [1.29, 1.82) is 0 Å². The Labute approximate surface area is 147 Å². The molecule has 1 aromatic carbocycles. The fourth-order valence-electron chi connectivity index (χ4n) is 2.77. The molecule has 0 aliphatic carbocycles. The number of nitrogens with one attached hydrogen (secondary N) is 2. The smallest absolute Gasteiger partial charge is 0.254 e. The number of carbonyl (C=O) groups is 2. The van der Waals surface area contributed by atoms with Crippen molar-refractivity contribution in [2.75, 3.05) is 37.8 Å². The van der Waals surface area contributed by atoms with Crippen LogP contribution in [0.2, 0.25) is 0 Å². The first-order valence-corrected chi connectivity index (χ1v) is 9.86. The number of benzene rings is 1. The van der Waals surface area contributed by atoms with Gasteiger partial charge in [0.25, 0.3) is 5.91 Å². The summed E-state index contributed by atoms with van der Waals surface area (Å²) in [5.74, 6) is -0.491. The van der Waals surface area contributed by atoms with Gasteiger partial charge in [-0.25, -0.2) is 8.42 Å². The number of ether oxygens (including phenoxy) is 1. The second kappa shape index (κ2) is 8.30. The van der Waals surface area contributed by atoms with E-state index in [0.717, 1.165) is 12.7 Å². The third-order valence-electron chi connectivity index (χ3n) is 3.83. The van der Waals surface area contributed by atoms with E-state index in [-0.39, 0.29) is 11.8 Å². The van der Waals surface area contributed by atoms with Gasteiger partial charge in [0.1, 0.15) is 6.04 Å². The average molecular weight is 369 g/mol. The molecule has 8 nitrogen and oxygen atoms in total. The van der Waals surface area contributed by atoms with Crippen LogP contribution in [0.3, 0.4) is 0 Å². The molecule has 0 spiro atoms. The van der Waals surface area contributed by atoms with Crippen molar-refractivity contribution in [1.82, 2.24) is 10.2 Å². The Morgan fingerprint density at radius 3 is 2.80 bits per heavy atom. The predicted octanol–water partition coefficient (Wildman–Crippen LogP) is 0.425. The normalized spacial score (nSPS) is 17.4. The van der Waals surface area contributed by atoms with Crippen LogP contribution in [0.15, 0.2) is 24.3 Å². The van der Waals surface area contributed by atoms with Crippen molar-refractivity contribution in [3.63, 3.8) is 0 Å². The van der Waals surface area contributed by atoms with E-state index < -0.39 is 16.1 Å². The lowest BCUT2D eigenvalue weighted by Crippen LogP contribution is -2.46. The Morgan fingerprint density at radius 1 is 1.36 bits per heavy atom. The van der Waals surface area contributed by atoms with Gasteiger partial charge in [0.15, 0.2) is 0 Å². The van der Waals surface area contributed by atoms with Crippen LogP contribution in [0.5, 0.6) is 0 Å². The van der Waals surface area contributed by atoms with Gasteiger partial charge >= 0.3 is 0 Å². The van der Waals surface area contributed by atoms with Crippen molar-refractivity contribution in [2.45, 2.75) is 18.9 Å². The minimum atomic E-state index is -3.43. The lowest BCUT2D eigenvalue weighted by Gasteiger charge is -2.24. The molecule has 1 aliphatic rings. The van der Waals surface area contributed by atoms with Crippen LogP contribution in [0, 0.1) is 0 Å². The van der Waals surface area contributed by atoms with E-state index in [2.05, 4.69) is 10.0 Å². The highest BCUT2D eigenvalue weighted by Crippen LogP contribution is 2.22. The van der Waals surface area contributed by atoms with Crippen LogP contribution in [-0.2, 0) is 19.6 Å². The molecular formula is C16H23N3O5S. The summed E-state index contributed by atoms with van der Waals surface area (Å²) >= 11 is 0. The van der Waals surface area contributed by atoms with Gasteiger partial charge in [-0.15, -0.1) is 0 Å². The van der Waals surface area contributed by atoms with Crippen LogP contribution in [0.4, 0.5) is 5.69 Å². The lowest BCUT2D eigenvalue weighted by atomic mass is 10.1. The van der Waals surface area contributed by atoms with Crippen molar-refractivity contribution in [3.8, 4) is 0 Å². The average Bonchev–Trinajstić information content (AvgIpc) is 3.02. The van der Waals surface area contributed by atoms with Gasteiger partial charge in [-0.3, -0.25) is 14.3 Å². The van der Waals surface area contributed by atoms with Crippen molar-refractivity contribution in [2.24, 2.45) is 0 Å². The summed E-state index contributed by atoms with van der Waals surface area (Å²) < 4.78 is 29.9. The van der Waals surface area contributed by atoms with Crippen LogP contribution in [0.25, 0.3) is 0 Å². The first kappa shape index (κ1) is 19.2. The molecule has 1 unspecified atom stereocenters. The number of amides is 2. The fourth-order valence-corrected chi connectivity index (χ4v) is 3.33. The molecule has 0 saturated carbocycles. The molecule has 1 heterocycles. The molecule has 0 radical (unpaired) electrons. The summed E-state index contributed by atoms with van der Waals surface area (Å²) in [5, 5.41) is 2.75. The van der Waals surface area contributed by atoms with Crippen molar-refractivity contribution < 1.29 is 22.7 Å². The summed E-state index contributed by atoms with van der Waals surface area (Å²) in [5.41, 5.74) is 0.652. The lowest BCUT2D eigenvalue weighted by molar-refractivity contribution is -0.125. The summed E-state index contributed by atoms with van der Waals surface area (Å²) in [7, 11) is -1.88. The number of anilines is 1. The summed E-state index contributed by atoms with van der Waals surface area (Å²) in [6.07, 6.45) is 2.39. The van der Waals surface area contributed by atoms with Gasteiger partial charge in [0.2, 0.25) is 15.9 Å². The molecule has 1 aromatic rings. The number of hydrogen-bond acceptors (Lipinski definition) is 5. The number of sulfonamides is 1. The second-order valence-electron chi connectivity index (χ2n) is 5.90. The maximum absolute atomic E-state index is 12.8. The van der Waals surface area contributed by atoms with E-state index in [1.165, 1.54) is 11.0 Å². The number of methoxy groups -OCH3 is 1. The fraction of sp³-hybridized carbons (Fsp3) is 0.500. The van der Waals surface area contributed by atoms with Crippen LogP contribution in [-0.4, -0.2) is 64.2 Å².